The van der Waals surface area contributed by atoms with Crippen molar-refractivity contribution in [1.82, 2.24) is 15.2 Å². The number of hydrogen-bond acceptors (Lipinski definition) is 3. The molecular weight excluding hydrogens is 287 g/mol. The number of halogens is 1. The molecule has 1 heterocycles. The maximum atomic E-state index is 12.9. The number of benzene rings is 1. The van der Waals surface area contributed by atoms with Gasteiger partial charge in [0.2, 0.25) is 0 Å². The number of nitrogens with zero attached hydrogens (tertiary/aromatic N) is 3. The lowest BCUT2D eigenvalue weighted by Crippen LogP contribution is -2.38. The van der Waals surface area contributed by atoms with Crippen LogP contribution in [0.2, 0.25) is 0 Å². The van der Waals surface area contributed by atoms with E-state index in [2.05, 4.69) is 15.3 Å². The molecule has 0 aliphatic carbocycles. The summed E-state index contributed by atoms with van der Waals surface area (Å²) >= 11 is 1.63. The molecule has 0 atom stereocenters. The van der Waals surface area contributed by atoms with Gasteiger partial charge in [-0.1, -0.05) is 12.1 Å². The molecule has 0 bridgehead atoms. The van der Waals surface area contributed by atoms with Crippen LogP contribution in [0.1, 0.15) is 16.1 Å². The van der Waals surface area contributed by atoms with Gasteiger partial charge in [-0.05, 0) is 24.6 Å². The second kappa shape index (κ2) is 7.17. The van der Waals surface area contributed by atoms with Crippen LogP contribution in [0.3, 0.4) is 0 Å². The van der Waals surface area contributed by atoms with E-state index in [-0.39, 0.29) is 5.82 Å². The first-order valence-corrected chi connectivity index (χ1v) is 7.53. The SMILES string of the molecule is CN=C(NCc1scnc1C)N(C)Cc1ccc(F)cc1. The highest BCUT2D eigenvalue weighted by Crippen LogP contribution is 2.11. The number of aromatic nitrogens is 1. The minimum atomic E-state index is -0.218. The van der Waals surface area contributed by atoms with E-state index in [0.717, 1.165) is 17.2 Å². The Morgan fingerprint density at radius 2 is 2.10 bits per heavy atom. The van der Waals surface area contributed by atoms with Crippen molar-refractivity contribution in [3.8, 4) is 0 Å². The molecule has 0 saturated heterocycles. The van der Waals surface area contributed by atoms with Crippen LogP contribution in [0.4, 0.5) is 4.39 Å². The Hall–Kier alpha value is -1.95. The summed E-state index contributed by atoms with van der Waals surface area (Å²) < 4.78 is 12.9. The molecule has 0 fully saturated rings. The van der Waals surface area contributed by atoms with Crippen molar-refractivity contribution < 1.29 is 4.39 Å². The van der Waals surface area contributed by atoms with Crippen LogP contribution in [0.5, 0.6) is 0 Å². The molecular formula is C15H19FN4S. The molecule has 1 aromatic carbocycles. The summed E-state index contributed by atoms with van der Waals surface area (Å²) in [7, 11) is 3.71. The van der Waals surface area contributed by atoms with Crippen molar-refractivity contribution >= 4 is 17.3 Å². The van der Waals surface area contributed by atoms with Gasteiger partial charge in [-0.3, -0.25) is 4.99 Å². The van der Waals surface area contributed by atoms with Crippen LogP contribution in [0.25, 0.3) is 0 Å². The average Bonchev–Trinajstić information content (AvgIpc) is 2.88. The molecule has 0 aliphatic heterocycles. The van der Waals surface area contributed by atoms with Crippen LogP contribution < -0.4 is 5.32 Å². The molecule has 1 aromatic heterocycles. The van der Waals surface area contributed by atoms with Crippen molar-refractivity contribution in [3.05, 3.63) is 51.7 Å². The van der Waals surface area contributed by atoms with Gasteiger partial charge in [0, 0.05) is 25.5 Å². The Morgan fingerprint density at radius 1 is 1.38 bits per heavy atom. The molecule has 0 spiro atoms. The van der Waals surface area contributed by atoms with Gasteiger partial charge < -0.3 is 10.2 Å². The highest BCUT2D eigenvalue weighted by Gasteiger charge is 2.08. The number of aryl methyl sites for hydroxylation is 1. The Morgan fingerprint density at radius 3 is 2.67 bits per heavy atom. The number of guanidine groups is 1. The van der Waals surface area contributed by atoms with Gasteiger partial charge in [-0.15, -0.1) is 11.3 Å². The van der Waals surface area contributed by atoms with Crippen LogP contribution in [0, 0.1) is 12.7 Å². The summed E-state index contributed by atoms with van der Waals surface area (Å²) in [5.74, 6) is 0.580. The Balaban J connectivity index is 1.94. The lowest BCUT2D eigenvalue weighted by Gasteiger charge is -2.22. The largest absolute Gasteiger partial charge is 0.351 e. The third kappa shape index (κ3) is 4.26. The van der Waals surface area contributed by atoms with E-state index in [4.69, 9.17) is 0 Å². The maximum Gasteiger partial charge on any atom is 0.193 e. The minimum Gasteiger partial charge on any atom is -0.351 e. The van der Waals surface area contributed by atoms with Crippen molar-refractivity contribution in [2.24, 2.45) is 4.99 Å². The van der Waals surface area contributed by atoms with E-state index in [1.807, 2.05) is 24.4 Å². The highest BCUT2D eigenvalue weighted by molar-refractivity contribution is 7.09. The molecule has 1 N–H and O–H groups in total. The summed E-state index contributed by atoms with van der Waals surface area (Å²) in [6.45, 7) is 3.37. The first kappa shape index (κ1) is 15.4. The first-order valence-electron chi connectivity index (χ1n) is 6.65. The fraction of sp³-hybridized carbons (Fsp3) is 0.333. The summed E-state index contributed by atoms with van der Waals surface area (Å²) in [6.07, 6.45) is 0. The van der Waals surface area contributed by atoms with E-state index >= 15 is 0 Å². The molecule has 0 aliphatic rings. The number of aliphatic imine (C=N–C) groups is 1. The third-order valence-electron chi connectivity index (χ3n) is 3.16. The zero-order chi connectivity index (χ0) is 15.2. The number of thiazole rings is 1. The van der Waals surface area contributed by atoms with E-state index in [1.165, 1.54) is 17.0 Å². The molecule has 0 amide bonds. The predicted octanol–water partition coefficient (Wildman–Crippen LogP) is 2.80. The molecule has 0 unspecified atom stereocenters. The number of nitrogens with one attached hydrogen (secondary N) is 1. The van der Waals surface area contributed by atoms with Gasteiger partial charge in [0.1, 0.15) is 5.82 Å². The smallest absolute Gasteiger partial charge is 0.193 e. The van der Waals surface area contributed by atoms with E-state index < -0.39 is 0 Å². The second-order valence-corrected chi connectivity index (χ2v) is 5.68. The summed E-state index contributed by atoms with van der Waals surface area (Å²) in [4.78, 5) is 11.7. The lowest BCUT2D eigenvalue weighted by atomic mass is 10.2. The van der Waals surface area contributed by atoms with Crippen LogP contribution in [-0.4, -0.2) is 29.9 Å². The topological polar surface area (TPSA) is 40.5 Å². The molecule has 2 aromatic rings. The first-order chi connectivity index (χ1) is 10.1. The summed E-state index contributed by atoms with van der Waals surface area (Å²) in [6, 6.07) is 6.51. The molecule has 4 nitrogen and oxygen atoms in total. The van der Waals surface area contributed by atoms with Gasteiger partial charge in [0.15, 0.2) is 5.96 Å². The van der Waals surface area contributed by atoms with E-state index in [9.17, 15) is 4.39 Å². The molecule has 0 radical (unpaired) electrons. The van der Waals surface area contributed by atoms with Crippen LogP contribution >= 0.6 is 11.3 Å². The number of hydrogen-bond donors (Lipinski definition) is 1. The van der Waals surface area contributed by atoms with Gasteiger partial charge in [-0.2, -0.15) is 0 Å². The normalized spacial score (nSPS) is 11.5. The molecule has 112 valence electrons. The Kier molecular flexibility index (Phi) is 5.27. The fourth-order valence-electron chi connectivity index (χ4n) is 1.98. The lowest BCUT2D eigenvalue weighted by molar-refractivity contribution is 0.476. The van der Waals surface area contributed by atoms with Crippen LogP contribution in [-0.2, 0) is 13.1 Å². The quantitative estimate of drug-likeness (QED) is 0.697. The van der Waals surface area contributed by atoms with Crippen molar-refractivity contribution in [3.63, 3.8) is 0 Å². The zero-order valence-corrected chi connectivity index (χ0v) is 13.2. The van der Waals surface area contributed by atoms with E-state index in [0.29, 0.717) is 13.1 Å². The summed E-state index contributed by atoms with van der Waals surface area (Å²) in [5, 5.41) is 3.32. The fourth-order valence-corrected chi connectivity index (χ4v) is 2.70. The van der Waals surface area contributed by atoms with Crippen molar-refractivity contribution in [1.29, 1.82) is 0 Å². The van der Waals surface area contributed by atoms with Gasteiger partial charge >= 0.3 is 0 Å². The van der Waals surface area contributed by atoms with Crippen molar-refractivity contribution in [2.45, 2.75) is 20.0 Å². The summed E-state index contributed by atoms with van der Waals surface area (Å²) in [5.41, 5.74) is 3.93. The van der Waals surface area contributed by atoms with E-state index in [1.54, 1.807) is 30.5 Å². The average molecular weight is 306 g/mol. The third-order valence-corrected chi connectivity index (χ3v) is 4.09. The van der Waals surface area contributed by atoms with Gasteiger partial charge in [0.05, 0.1) is 17.7 Å². The van der Waals surface area contributed by atoms with Gasteiger partial charge in [-0.25, -0.2) is 9.37 Å². The Bertz CT molecular complexity index is 606. The van der Waals surface area contributed by atoms with Crippen LogP contribution in [0.15, 0.2) is 34.8 Å². The standard InChI is InChI=1S/C15H19FN4S/c1-11-14(21-10-19-11)8-18-15(17-2)20(3)9-12-4-6-13(16)7-5-12/h4-7,10H,8-9H2,1-3H3,(H,17,18). The zero-order valence-electron chi connectivity index (χ0n) is 12.4. The van der Waals surface area contributed by atoms with Crippen molar-refractivity contribution in [2.75, 3.05) is 14.1 Å². The highest BCUT2D eigenvalue weighted by atomic mass is 32.1. The maximum absolute atomic E-state index is 12.9. The monoisotopic (exact) mass is 306 g/mol. The predicted molar refractivity (Wildman–Crippen MR) is 84.9 cm³/mol. The minimum absolute atomic E-state index is 0.218. The number of rotatable bonds is 4. The molecule has 0 saturated carbocycles. The Labute approximate surface area is 128 Å². The van der Waals surface area contributed by atoms with Gasteiger partial charge in [0.25, 0.3) is 0 Å². The molecule has 6 heteroatoms. The second-order valence-electron chi connectivity index (χ2n) is 4.74. The molecule has 2 rings (SSSR count). The molecule has 21 heavy (non-hydrogen) atoms.